The third-order valence-corrected chi connectivity index (χ3v) is 3.58. The predicted octanol–water partition coefficient (Wildman–Crippen LogP) is 5.08. The molecule has 0 saturated carbocycles. The van der Waals surface area contributed by atoms with E-state index in [2.05, 4.69) is 11.1 Å². The molecule has 0 bridgehead atoms. The molecule has 0 radical (unpaired) electrons. The van der Waals surface area contributed by atoms with Crippen LogP contribution in [0.25, 0.3) is 22.3 Å². The summed E-state index contributed by atoms with van der Waals surface area (Å²) in [5.74, 6) is 0.829. The summed E-state index contributed by atoms with van der Waals surface area (Å²) in [4.78, 5) is 4.05. The Morgan fingerprint density at radius 3 is 2.38 bits per heavy atom. The summed E-state index contributed by atoms with van der Waals surface area (Å²) in [6.07, 6.45) is 3.58. The van der Waals surface area contributed by atoms with Crippen molar-refractivity contribution in [1.29, 1.82) is 0 Å². The molecule has 0 spiro atoms. The molecule has 0 atom stereocenters. The van der Waals surface area contributed by atoms with Crippen molar-refractivity contribution in [1.82, 2.24) is 4.98 Å². The molecule has 104 valence electrons. The van der Waals surface area contributed by atoms with Gasteiger partial charge in [0.25, 0.3) is 0 Å². The molecular weight excluding hydrogens is 282 g/mol. The fourth-order valence-corrected chi connectivity index (χ4v) is 2.50. The Labute approximate surface area is 129 Å². The maximum absolute atomic E-state index is 6.10. The van der Waals surface area contributed by atoms with Crippen LogP contribution in [0.1, 0.15) is 0 Å². The van der Waals surface area contributed by atoms with Crippen molar-refractivity contribution in [2.45, 2.75) is 0 Å². The molecule has 1 aromatic heterocycles. The van der Waals surface area contributed by atoms with Crippen molar-refractivity contribution in [3.8, 4) is 28.0 Å². The third kappa shape index (κ3) is 2.91. The highest BCUT2D eigenvalue weighted by Gasteiger charge is 2.08. The maximum Gasteiger partial charge on any atom is 0.126 e. The van der Waals surface area contributed by atoms with Gasteiger partial charge in [-0.3, -0.25) is 4.98 Å². The summed E-state index contributed by atoms with van der Waals surface area (Å²) in [5, 5.41) is 0.712. The van der Waals surface area contributed by atoms with Gasteiger partial charge in [0.2, 0.25) is 0 Å². The summed E-state index contributed by atoms with van der Waals surface area (Å²) in [6, 6.07) is 17.9. The Kier molecular flexibility index (Phi) is 3.89. The summed E-state index contributed by atoms with van der Waals surface area (Å²) in [5.41, 5.74) is 4.30. The van der Waals surface area contributed by atoms with Crippen molar-refractivity contribution in [2.75, 3.05) is 7.11 Å². The lowest BCUT2D eigenvalue weighted by molar-refractivity contribution is 0.416. The molecule has 2 nitrogen and oxygen atoms in total. The summed E-state index contributed by atoms with van der Waals surface area (Å²) in [6.45, 7) is 0. The maximum atomic E-state index is 6.10. The number of rotatable bonds is 3. The first-order valence-electron chi connectivity index (χ1n) is 6.62. The molecule has 1 heterocycles. The van der Waals surface area contributed by atoms with E-state index in [1.807, 2.05) is 48.5 Å². The van der Waals surface area contributed by atoms with E-state index >= 15 is 0 Å². The van der Waals surface area contributed by atoms with Crippen LogP contribution in [0, 0.1) is 0 Å². The van der Waals surface area contributed by atoms with Crippen LogP contribution >= 0.6 is 11.6 Å². The molecule has 0 amide bonds. The number of ether oxygens (including phenoxy) is 1. The van der Waals surface area contributed by atoms with Crippen LogP contribution in [0.5, 0.6) is 5.75 Å². The van der Waals surface area contributed by atoms with Gasteiger partial charge in [-0.1, -0.05) is 29.8 Å². The van der Waals surface area contributed by atoms with Gasteiger partial charge >= 0.3 is 0 Å². The van der Waals surface area contributed by atoms with E-state index in [-0.39, 0.29) is 0 Å². The summed E-state index contributed by atoms with van der Waals surface area (Å²) < 4.78 is 5.48. The average Bonchev–Trinajstić information content (AvgIpc) is 2.55. The molecule has 0 saturated heterocycles. The van der Waals surface area contributed by atoms with E-state index in [4.69, 9.17) is 16.3 Å². The van der Waals surface area contributed by atoms with Crippen molar-refractivity contribution < 1.29 is 4.74 Å². The smallest absolute Gasteiger partial charge is 0.126 e. The van der Waals surface area contributed by atoms with Crippen LogP contribution in [-0.2, 0) is 0 Å². The van der Waals surface area contributed by atoms with E-state index in [1.54, 1.807) is 19.5 Å². The van der Waals surface area contributed by atoms with Crippen molar-refractivity contribution in [2.24, 2.45) is 0 Å². The number of halogens is 1. The van der Waals surface area contributed by atoms with E-state index in [0.717, 1.165) is 28.0 Å². The molecule has 0 aliphatic rings. The van der Waals surface area contributed by atoms with Gasteiger partial charge in [-0.15, -0.1) is 0 Å². The van der Waals surface area contributed by atoms with Gasteiger partial charge in [0, 0.05) is 23.0 Å². The average molecular weight is 296 g/mol. The van der Waals surface area contributed by atoms with Crippen LogP contribution in [-0.4, -0.2) is 12.1 Å². The topological polar surface area (TPSA) is 22.1 Å². The largest absolute Gasteiger partial charge is 0.496 e. The molecule has 2 aromatic carbocycles. The summed E-state index contributed by atoms with van der Waals surface area (Å²) >= 11 is 6.10. The molecule has 0 unspecified atom stereocenters. The Hall–Kier alpha value is -2.32. The highest BCUT2D eigenvalue weighted by molar-refractivity contribution is 6.30. The number of nitrogens with zero attached hydrogens (tertiary/aromatic N) is 1. The quantitative estimate of drug-likeness (QED) is 0.672. The molecule has 0 fully saturated rings. The number of aromatic nitrogens is 1. The standard InChI is InChI=1S/C18H14ClNO/c1-21-18-6-5-14(13-7-9-20-10-8-13)12-17(18)15-3-2-4-16(19)11-15/h2-12H,1H3. The molecular formula is C18H14ClNO. The van der Waals surface area contributed by atoms with Gasteiger partial charge in [-0.25, -0.2) is 0 Å². The number of hydrogen-bond donors (Lipinski definition) is 0. The fourth-order valence-electron chi connectivity index (χ4n) is 2.31. The molecule has 0 aliphatic carbocycles. The van der Waals surface area contributed by atoms with Gasteiger partial charge in [-0.2, -0.15) is 0 Å². The van der Waals surface area contributed by atoms with Gasteiger partial charge in [-0.05, 0) is 53.1 Å². The molecule has 0 aliphatic heterocycles. The first-order valence-corrected chi connectivity index (χ1v) is 7.00. The predicted molar refractivity (Wildman–Crippen MR) is 86.7 cm³/mol. The third-order valence-electron chi connectivity index (χ3n) is 3.35. The minimum atomic E-state index is 0.712. The van der Waals surface area contributed by atoms with Crippen LogP contribution in [0.15, 0.2) is 67.0 Å². The number of benzene rings is 2. The van der Waals surface area contributed by atoms with E-state index < -0.39 is 0 Å². The normalized spacial score (nSPS) is 10.4. The van der Waals surface area contributed by atoms with Crippen LogP contribution in [0.2, 0.25) is 5.02 Å². The SMILES string of the molecule is COc1ccc(-c2ccncc2)cc1-c1cccc(Cl)c1. The fraction of sp³-hybridized carbons (Fsp3) is 0.0556. The Balaban J connectivity index is 2.14. The van der Waals surface area contributed by atoms with Crippen LogP contribution in [0.4, 0.5) is 0 Å². The number of hydrogen-bond acceptors (Lipinski definition) is 2. The second-order valence-electron chi connectivity index (χ2n) is 4.66. The first-order chi connectivity index (χ1) is 10.3. The van der Waals surface area contributed by atoms with Crippen molar-refractivity contribution in [3.05, 3.63) is 72.0 Å². The molecule has 3 heteroatoms. The van der Waals surface area contributed by atoms with Crippen molar-refractivity contribution >= 4 is 11.6 Å². The molecule has 3 rings (SSSR count). The highest BCUT2D eigenvalue weighted by atomic mass is 35.5. The minimum Gasteiger partial charge on any atom is -0.496 e. The molecule has 3 aromatic rings. The van der Waals surface area contributed by atoms with Crippen molar-refractivity contribution in [3.63, 3.8) is 0 Å². The van der Waals surface area contributed by atoms with E-state index in [0.29, 0.717) is 5.02 Å². The van der Waals surface area contributed by atoms with Gasteiger partial charge in [0.05, 0.1) is 7.11 Å². The summed E-state index contributed by atoms with van der Waals surface area (Å²) in [7, 11) is 1.68. The van der Waals surface area contributed by atoms with Crippen LogP contribution < -0.4 is 4.74 Å². The number of methoxy groups -OCH3 is 1. The van der Waals surface area contributed by atoms with E-state index in [1.165, 1.54) is 0 Å². The monoisotopic (exact) mass is 295 g/mol. The minimum absolute atomic E-state index is 0.712. The zero-order valence-corrected chi connectivity index (χ0v) is 12.3. The zero-order valence-electron chi connectivity index (χ0n) is 11.6. The van der Waals surface area contributed by atoms with E-state index in [9.17, 15) is 0 Å². The van der Waals surface area contributed by atoms with Crippen LogP contribution in [0.3, 0.4) is 0 Å². The Morgan fingerprint density at radius 1 is 0.857 bits per heavy atom. The van der Waals surface area contributed by atoms with Gasteiger partial charge < -0.3 is 4.74 Å². The second-order valence-corrected chi connectivity index (χ2v) is 5.10. The number of pyridine rings is 1. The molecule has 0 N–H and O–H groups in total. The lowest BCUT2D eigenvalue weighted by atomic mass is 9.99. The zero-order chi connectivity index (χ0) is 14.7. The second kappa shape index (κ2) is 5.98. The molecule has 21 heavy (non-hydrogen) atoms. The lowest BCUT2D eigenvalue weighted by Gasteiger charge is -2.11. The Bertz CT molecular complexity index is 756. The first kappa shape index (κ1) is 13.7. The van der Waals surface area contributed by atoms with Gasteiger partial charge in [0.1, 0.15) is 5.75 Å². The highest BCUT2D eigenvalue weighted by Crippen LogP contribution is 2.35. The van der Waals surface area contributed by atoms with Gasteiger partial charge in [0.15, 0.2) is 0 Å². The lowest BCUT2D eigenvalue weighted by Crippen LogP contribution is -1.89. The Morgan fingerprint density at radius 2 is 1.67 bits per heavy atom.